The molecule has 0 heterocycles. The minimum Gasteiger partial charge on any atom is -0.486 e. The number of rotatable bonds is 5. The molecule has 0 radical (unpaired) electrons. The lowest BCUT2D eigenvalue weighted by Crippen LogP contribution is -2.04. The molecule has 112 valence electrons. The number of hydrogen-bond donors (Lipinski definition) is 1. The van der Waals surface area contributed by atoms with Crippen molar-refractivity contribution in [2.45, 2.75) is 13.0 Å². The van der Waals surface area contributed by atoms with Gasteiger partial charge < -0.3 is 10.5 Å². The fourth-order valence-electron chi connectivity index (χ4n) is 1.88. The molecule has 0 aliphatic rings. The second-order valence-electron chi connectivity index (χ2n) is 4.42. The van der Waals surface area contributed by atoms with Crippen molar-refractivity contribution in [3.05, 3.63) is 61.2 Å². The summed E-state index contributed by atoms with van der Waals surface area (Å²) in [5, 5.41) is 0.349. The van der Waals surface area contributed by atoms with Crippen LogP contribution in [0.2, 0.25) is 5.02 Å². The average Bonchev–Trinajstić information content (AvgIpc) is 2.41. The summed E-state index contributed by atoms with van der Waals surface area (Å²) in [6.45, 7) is 0.628. The lowest BCUT2D eigenvalue weighted by atomic mass is 10.1. The van der Waals surface area contributed by atoms with Gasteiger partial charge in [-0.25, -0.2) is 4.39 Å². The molecule has 0 saturated carbocycles. The van der Waals surface area contributed by atoms with E-state index in [1.54, 1.807) is 12.1 Å². The van der Waals surface area contributed by atoms with Gasteiger partial charge in [0.15, 0.2) is 0 Å². The molecule has 0 bridgehead atoms. The third-order valence-corrected chi connectivity index (χ3v) is 4.45. The van der Waals surface area contributed by atoms with Crippen LogP contribution in [0.4, 0.5) is 4.39 Å². The quantitative estimate of drug-likeness (QED) is 0.708. The summed E-state index contributed by atoms with van der Waals surface area (Å²) < 4.78 is 21.0. The van der Waals surface area contributed by atoms with Crippen molar-refractivity contribution < 1.29 is 9.13 Å². The zero-order valence-corrected chi connectivity index (χ0v) is 14.9. The predicted octanol–water partition coefficient (Wildman–Crippen LogP) is 5.08. The Kier molecular flexibility index (Phi) is 6.05. The van der Waals surface area contributed by atoms with Gasteiger partial charge in [-0.15, -0.1) is 0 Å². The molecule has 0 amide bonds. The van der Waals surface area contributed by atoms with Crippen LogP contribution < -0.4 is 10.5 Å². The van der Waals surface area contributed by atoms with Gasteiger partial charge in [0, 0.05) is 5.56 Å². The van der Waals surface area contributed by atoms with Gasteiger partial charge in [0.2, 0.25) is 0 Å². The Labute approximate surface area is 144 Å². The highest BCUT2D eigenvalue weighted by Crippen LogP contribution is 2.36. The molecule has 0 aliphatic heterocycles. The second kappa shape index (κ2) is 7.58. The molecular formula is C15H13Br2ClFNO. The number of benzene rings is 2. The first-order valence-corrected chi connectivity index (χ1v) is 8.23. The molecule has 0 spiro atoms. The van der Waals surface area contributed by atoms with E-state index in [0.717, 1.165) is 20.9 Å². The van der Waals surface area contributed by atoms with Crippen molar-refractivity contribution in [2.24, 2.45) is 5.73 Å². The summed E-state index contributed by atoms with van der Waals surface area (Å²) in [6, 6.07) is 8.44. The van der Waals surface area contributed by atoms with Crippen LogP contribution in [0.3, 0.4) is 0 Å². The molecule has 6 heteroatoms. The molecule has 0 saturated heterocycles. The molecule has 0 aromatic heterocycles. The summed E-state index contributed by atoms with van der Waals surface area (Å²) in [4.78, 5) is 0. The first-order valence-electron chi connectivity index (χ1n) is 6.26. The lowest BCUT2D eigenvalue weighted by Gasteiger charge is -2.13. The van der Waals surface area contributed by atoms with Crippen molar-refractivity contribution in [2.75, 3.05) is 6.54 Å². The Morgan fingerprint density at radius 3 is 2.43 bits per heavy atom. The summed E-state index contributed by atoms with van der Waals surface area (Å²) in [5.41, 5.74) is 6.98. The minimum atomic E-state index is -0.380. The van der Waals surface area contributed by atoms with Gasteiger partial charge in [0.05, 0.1) is 14.0 Å². The van der Waals surface area contributed by atoms with Crippen LogP contribution in [-0.4, -0.2) is 6.54 Å². The van der Waals surface area contributed by atoms with Crippen molar-refractivity contribution in [1.82, 2.24) is 0 Å². The molecule has 0 atom stereocenters. The molecule has 2 nitrogen and oxygen atoms in total. The number of hydrogen-bond acceptors (Lipinski definition) is 2. The third-order valence-electron chi connectivity index (χ3n) is 2.91. The number of ether oxygens (including phenoxy) is 1. The van der Waals surface area contributed by atoms with Crippen molar-refractivity contribution >= 4 is 43.5 Å². The smallest absolute Gasteiger partial charge is 0.148 e. The van der Waals surface area contributed by atoms with Crippen LogP contribution >= 0.6 is 43.5 Å². The Bertz CT molecular complexity index is 608. The van der Waals surface area contributed by atoms with Gasteiger partial charge in [-0.2, -0.15) is 0 Å². The van der Waals surface area contributed by atoms with E-state index < -0.39 is 0 Å². The predicted molar refractivity (Wildman–Crippen MR) is 90.3 cm³/mol. The Morgan fingerprint density at radius 1 is 1.19 bits per heavy atom. The van der Waals surface area contributed by atoms with Gasteiger partial charge in [-0.3, -0.25) is 0 Å². The molecule has 2 aromatic carbocycles. The first kappa shape index (κ1) is 16.7. The normalized spacial score (nSPS) is 10.7. The number of nitrogens with two attached hydrogens (primary N) is 1. The highest BCUT2D eigenvalue weighted by atomic mass is 79.9. The maximum Gasteiger partial charge on any atom is 0.148 e. The van der Waals surface area contributed by atoms with Gasteiger partial charge in [-0.1, -0.05) is 17.7 Å². The van der Waals surface area contributed by atoms with Gasteiger partial charge >= 0.3 is 0 Å². The molecule has 2 N–H and O–H groups in total. The summed E-state index contributed by atoms with van der Waals surface area (Å²) in [7, 11) is 0. The van der Waals surface area contributed by atoms with E-state index >= 15 is 0 Å². The highest BCUT2D eigenvalue weighted by Gasteiger charge is 2.12. The van der Waals surface area contributed by atoms with Crippen LogP contribution in [0, 0.1) is 5.82 Å². The van der Waals surface area contributed by atoms with Crippen molar-refractivity contribution in [3.8, 4) is 5.75 Å². The third kappa shape index (κ3) is 4.19. The van der Waals surface area contributed by atoms with Crippen LogP contribution in [0.5, 0.6) is 5.75 Å². The van der Waals surface area contributed by atoms with E-state index in [4.69, 9.17) is 22.1 Å². The average molecular weight is 438 g/mol. The SMILES string of the molecule is NCCc1cc(Br)c(OCc2c(F)cccc2Cl)c(Br)c1. The van der Waals surface area contributed by atoms with E-state index in [1.807, 2.05) is 12.1 Å². The maximum atomic E-state index is 13.7. The zero-order valence-electron chi connectivity index (χ0n) is 11.0. The minimum absolute atomic E-state index is 0.0545. The van der Waals surface area contributed by atoms with E-state index in [1.165, 1.54) is 6.07 Å². The molecule has 0 aliphatic carbocycles. The van der Waals surface area contributed by atoms with Crippen LogP contribution in [0.25, 0.3) is 0 Å². The summed E-state index contributed by atoms with van der Waals surface area (Å²) in [6.07, 6.45) is 0.774. The van der Waals surface area contributed by atoms with Crippen LogP contribution in [0.15, 0.2) is 39.3 Å². The van der Waals surface area contributed by atoms with Gasteiger partial charge in [0.25, 0.3) is 0 Å². The van der Waals surface area contributed by atoms with E-state index in [0.29, 0.717) is 22.9 Å². The van der Waals surface area contributed by atoms with E-state index in [9.17, 15) is 4.39 Å². The van der Waals surface area contributed by atoms with Crippen molar-refractivity contribution in [3.63, 3.8) is 0 Å². The standard InChI is InChI=1S/C15H13Br2ClFNO/c16-11-6-9(4-5-20)7-12(17)15(11)21-8-10-13(18)2-1-3-14(10)19/h1-3,6-7H,4-5,8,20H2. The fraction of sp³-hybridized carbons (Fsp3) is 0.200. The molecule has 0 unspecified atom stereocenters. The second-order valence-corrected chi connectivity index (χ2v) is 6.53. The van der Waals surface area contributed by atoms with Gasteiger partial charge in [0.1, 0.15) is 18.2 Å². The zero-order chi connectivity index (χ0) is 15.4. The lowest BCUT2D eigenvalue weighted by molar-refractivity contribution is 0.296. The van der Waals surface area contributed by atoms with Crippen LogP contribution in [-0.2, 0) is 13.0 Å². The summed E-state index contributed by atoms with van der Waals surface area (Å²) in [5.74, 6) is 0.226. The summed E-state index contributed by atoms with van der Waals surface area (Å²) >= 11 is 12.9. The Hall–Kier alpha value is -0.620. The molecule has 0 fully saturated rings. The van der Waals surface area contributed by atoms with Crippen molar-refractivity contribution in [1.29, 1.82) is 0 Å². The largest absolute Gasteiger partial charge is 0.486 e. The van der Waals surface area contributed by atoms with E-state index in [2.05, 4.69) is 31.9 Å². The maximum absolute atomic E-state index is 13.7. The highest BCUT2D eigenvalue weighted by molar-refractivity contribution is 9.11. The van der Waals surface area contributed by atoms with E-state index in [-0.39, 0.29) is 12.4 Å². The Balaban J connectivity index is 2.21. The molecule has 2 aromatic rings. The molecule has 21 heavy (non-hydrogen) atoms. The number of halogens is 4. The monoisotopic (exact) mass is 435 g/mol. The molecular weight excluding hydrogens is 424 g/mol. The topological polar surface area (TPSA) is 35.2 Å². The Morgan fingerprint density at radius 2 is 1.86 bits per heavy atom. The van der Waals surface area contributed by atoms with Crippen LogP contribution in [0.1, 0.15) is 11.1 Å². The van der Waals surface area contributed by atoms with Gasteiger partial charge in [-0.05, 0) is 74.7 Å². The molecule has 2 rings (SSSR count). The fourth-order valence-corrected chi connectivity index (χ4v) is 3.60. The first-order chi connectivity index (χ1) is 10.0.